The van der Waals surface area contributed by atoms with E-state index in [-0.39, 0.29) is 29.5 Å². The van der Waals surface area contributed by atoms with Crippen molar-refractivity contribution < 1.29 is 20.1 Å². The number of aliphatic hydroxyl groups is 3. The van der Waals surface area contributed by atoms with Crippen LogP contribution >= 0.6 is 0 Å². The zero-order chi connectivity index (χ0) is 21.1. The number of carbonyl (C=O) groups excluding carboxylic acids is 1. The van der Waals surface area contributed by atoms with E-state index in [1.807, 2.05) is 30.3 Å². The number of benzene rings is 1. The lowest BCUT2D eigenvalue weighted by molar-refractivity contribution is 0.00445. The van der Waals surface area contributed by atoms with Crippen molar-refractivity contribution in [1.82, 2.24) is 19.7 Å². The highest BCUT2D eigenvalue weighted by Gasteiger charge is 2.41. The van der Waals surface area contributed by atoms with Gasteiger partial charge in [0.15, 0.2) is 0 Å². The molecule has 0 aliphatic heterocycles. The SMILES string of the molecule is O=C(c1ccn(Cc2ccccc2)n1)c1cncnc1N[C@@H]1C[C@H](CO)[C@@H](O)[C@@H]1O. The maximum absolute atomic E-state index is 13.0. The molecule has 9 heteroatoms. The molecule has 4 N–H and O–H groups in total. The standard InChI is InChI=1S/C21H23N5O4/c27-11-14-8-17(20(30)18(14)28)24-21-15(9-22-12-23-21)19(29)16-6-7-26(25-16)10-13-4-2-1-3-5-13/h1-7,9,12,14,17-18,20,27-28,30H,8,10-11H2,(H,22,23,24)/t14-,17-,18-,20-/m1/s1. The molecule has 1 saturated carbocycles. The molecular weight excluding hydrogens is 386 g/mol. The summed E-state index contributed by atoms with van der Waals surface area (Å²) >= 11 is 0. The molecule has 3 aromatic rings. The number of ketones is 1. The second kappa shape index (κ2) is 8.70. The van der Waals surface area contributed by atoms with Crippen molar-refractivity contribution in [1.29, 1.82) is 0 Å². The third-order valence-electron chi connectivity index (χ3n) is 5.38. The highest BCUT2D eigenvalue weighted by Crippen LogP contribution is 2.29. The van der Waals surface area contributed by atoms with Gasteiger partial charge >= 0.3 is 0 Å². The predicted molar refractivity (Wildman–Crippen MR) is 108 cm³/mol. The average molecular weight is 409 g/mol. The van der Waals surface area contributed by atoms with Crippen molar-refractivity contribution in [3.63, 3.8) is 0 Å². The van der Waals surface area contributed by atoms with E-state index in [0.29, 0.717) is 13.0 Å². The number of nitrogens with zero attached hydrogens (tertiary/aromatic N) is 4. The van der Waals surface area contributed by atoms with E-state index in [0.717, 1.165) is 5.56 Å². The van der Waals surface area contributed by atoms with E-state index in [9.17, 15) is 20.1 Å². The Balaban J connectivity index is 1.52. The molecular formula is C21H23N5O4. The van der Waals surface area contributed by atoms with Crippen molar-refractivity contribution in [2.45, 2.75) is 31.2 Å². The van der Waals surface area contributed by atoms with Gasteiger partial charge in [-0.1, -0.05) is 30.3 Å². The van der Waals surface area contributed by atoms with Crippen LogP contribution in [0.1, 0.15) is 28.0 Å². The van der Waals surface area contributed by atoms with Gasteiger partial charge in [-0.2, -0.15) is 5.10 Å². The highest BCUT2D eigenvalue weighted by molar-refractivity contribution is 6.10. The molecule has 0 saturated heterocycles. The fourth-order valence-corrected chi connectivity index (χ4v) is 3.71. The first-order chi connectivity index (χ1) is 14.6. The van der Waals surface area contributed by atoms with Crippen LogP contribution in [0.3, 0.4) is 0 Å². The molecule has 4 atom stereocenters. The summed E-state index contributed by atoms with van der Waals surface area (Å²) in [5, 5.41) is 37.0. The zero-order valence-electron chi connectivity index (χ0n) is 16.2. The Kier molecular flexibility index (Phi) is 5.84. The molecule has 1 aromatic carbocycles. The van der Waals surface area contributed by atoms with Gasteiger partial charge < -0.3 is 20.6 Å². The molecule has 4 rings (SSSR count). The highest BCUT2D eigenvalue weighted by atomic mass is 16.3. The maximum Gasteiger partial charge on any atom is 0.218 e. The van der Waals surface area contributed by atoms with Gasteiger partial charge in [0, 0.05) is 24.9 Å². The summed E-state index contributed by atoms with van der Waals surface area (Å²) in [6.45, 7) is 0.310. The molecule has 9 nitrogen and oxygen atoms in total. The summed E-state index contributed by atoms with van der Waals surface area (Å²) in [6, 6.07) is 10.9. The van der Waals surface area contributed by atoms with Gasteiger partial charge in [-0.05, 0) is 18.1 Å². The number of aromatic nitrogens is 4. The number of nitrogens with one attached hydrogen (secondary N) is 1. The van der Waals surface area contributed by atoms with Crippen molar-refractivity contribution in [3.05, 3.63) is 71.9 Å². The Labute approximate surface area is 173 Å². The molecule has 0 bridgehead atoms. The normalized spacial score (nSPS) is 23.4. The smallest absolute Gasteiger partial charge is 0.218 e. The van der Waals surface area contributed by atoms with E-state index in [4.69, 9.17) is 0 Å². The average Bonchev–Trinajstić information content (AvgIpc) is 3.34. The Bertz CT molecular complexity index is 1010. The minimum atomic E-state index is -1.08. The first-order valence-corrected chi connectivity index (χ1v) is 9.72. The van der Waals surface area contributed by atoms with Crippen LogP contribution in [0, 0.1) is 5.92 Å². The fraction of sp³-hybridized carbons (Fsp3) is 0.333. The van der Waals surface area contributed by atoms with Gasteiger partial charge in [0.25, 0.3) is 0 Å². The van der Waals surface area contributed by atoms with Gasteiger partial charge in [0.1, 0.15) is 23.9 Å². The van der Waals surface area contributed by atoms with Crippen molar-refractivity contribution >= 4 is 11.6 Å². The Morgan fingerprint density at radius 3 is 2.70 bits per heavy atom. The first-order valence-electron chi connectivity index (χ1n) is 9.72. The number of carbonyl (C=O) groups is 1. The third-order valence-corrected chi connectivity index (χ3v) is 5.38. The summed E-state index contributed by atoms with van der Waals surface area (Å²) in [7, 11) is 0. The van der Waals surface area contributed by atoms with E-state index >= 15 is 0 Å². The van der Waals surface area contributed by atoms with Crippen LogP contribution in [0.5, 0.6) is 0 Å². The molecule has 1 aliphatic rings. The Morgan fingerprint density at radius 2 is 1.97 bits per heavy atom. The predicted octanol–water partition coefficient (Wildman–Crippen LogP) is 0.467. The molecule has 0 unspecified atom stereocenters. The number of rotatable bonds is 7. The van der Waals surface area contributed by atoms with Crippen LogP contribution in [0.2, 0.25) is 0 Å². The number of hydrogen-bond acceptors (Lipinski definition) is 8. The molecule has 0 amide bonds. The molecule has 2 heterocycles. The largest absolute Gasteiger partial charge is 0.396 e. The Hall–Kier alpha value is -3.14. The van der Waals surface area contributed by atoms with Gasteiger partial charge in [0.2, 0.25) is 5.78 Å². The molecule has 0 spiro atoms. The van der Waals surface area contributed by atoms with Crippen LogP contribution < -0.4 is 5.32 Å². The number of anilines is 1. The third kappa shape index (κ3) is 4.09. The monoisotopic (exact) mass is 409 g/mol. The minimum absolute atomic E-state index is 0.219. The topological polar surface area (TPSA) is 133 Å². The van der Waals surface area contributed by atoms with Gasteiger partial charge in [0.05, 0.1) is 24.3 Å². The lowest BCUT2D eigenvalue weighted by Crippen LogP contribution is -2.36. The van der Waals surface area contributed by atoms with Crippen molar-refractivity contribution in [2.75, 3.05) is 11.9 Å². The second-order valence-electron chi connectivity index (χ2n) is 7.41. The summed E-state index contributed by atoms with van der Waals surface area (Å²) < 4.78 is 1.68. The Morgan fingerprint density at radius 1 is 1.17 bits per heavy atom. The molecule has 30 heavy (non-hydrogen) atoms. The van der Waals surface area contributed by atoms with E-state index in [1.165, 1.54) is 12.5 Å². The molecule has 2 aromatic heterocycles. The molecule has 156 valence electrons. The van der Waals surface area contributed by atoms with Gasteiger partial charge in [-0.3, -0.25) is 9.48 Å². The van der Waals surface area contributed by atoms with E-state index in [2.05, 4.69) is 20.4 Å². The molecule has 1 fully saturated rings. The van der Waals surface area contributed by atoms with Crippen LogP contribution in [-0.4, -0.2) is 65.7 Å². The van der Waals surface area contributed by atoms with Crippen LogP contribution in [0.15, 0.2) is 55.1 Å². The lowest BCUT2D eigenvalue weighted by Gasteiger charge is -2.19. The summed E-state index contributed by atoms with van der Waals surface area (Å²) in [5.41, 5.74) is 1.54. The first kappa shape index (κ1) is 20.1. The van der Waals surface area contributed by atoms with Crippen LogP contribution in [0.25, 0.3) is 0 Å². The minimum Gasteiger partial charge on any atom is -0.396 e. The summed E-state index contributed by atoms with van der Waals surface area (Å²) in [5.74, 6) is -0.536. The number of hydrogen-bond donors (Lipinski definition) is 4. The van der Waals surface area contributed by atoms with Crippen molar-refractivity contribution in [3.8, 4) is 0 Å². The second-order valence-corrected chi connectivity index (χ2v) is 7.41. The zero-order valence-corrected chi connectivity index (χ0v) is 16.2. The van der Waals surface area contributed by atoms with Gasteiger partial charge in [-0.15, -0.1) is 0 Å². The van der Waals surface area contributed by atoms with Crippen LogP contribution in [-0.2, 0) is 6.54 Å². The number of aliphatic hydroxyl groups excluding tert-OH is 3. The maximum atomic E-state index is 13.0. The quantitative estimate of drug-likeness (QED) is 0.414. The molecule has 0 radical (unpaired) electrons. The summed E-state index contributed by atoms with van der Waals surface area (Å²) in [4.78, 5) is 21.1. The van der Waals surface area contributed by atoms with E-state index in [1.54, 1.807) is 16.9 Å². The molecule has 1 aliphatic carbocycles. The fourth-order valence-electron chi connectivity index (χ4n) is 3.71. The summed E-state index contributed by atoms with van der Waals surface area (Å²) in [6.07, 6.45) is 2.67. The van der Waals surface area contributed by atoms with Gasteiger partial charge in [-0.25, -0.2) is 9.97 Å². The van der Waals surface area contributed by atoms with Crippen molar-refractivity contribution in [2.24, 2.45) is 5.92 Å². The van der Waals surface area contributed by atoms with Crippen LogP contribution in [0.4, 0.5) is 5.82 Å². The van der Waals surface area contributed by atoms with E-state index < -0.39 is 24.2 Å². The lowest BCUT2D eigenvalue weighted by atomic mass is 10.1.